The van der Waals surface area contributed by atoms with E-state index < -0.39 is 0 Å². The molecule has 0 saturated carbocycles. The zero-order chi connectivity index (χ0) is 17.2. The van der Waals surface area contributed by atoms with Crippen LogP contribution in [0.1, 0.15) is 30.8 Å². The lowest BCUT2D eigenvalue weighted by molar-refractivity contribution is 0.306. The van der Waals surface area contributed by atoms with Gasteiger partial charge in [-0.1, -0.05) is 30.3 Å². The van der Waals surface area contributed by atoms with Crippen LogP contribution in [0.25, 0.3) is 11.3 Å². The van der Waals surface area contributed by atoms with Crippen molar-refractivity contribution in [2.75, 3.05) is 0 Å². The number of hydrogen-bond acceptors (Lipinski definition) is 3. The molecule has 0 saturated heterocycles. The number of hydrogen-bond donors (Lipinski definition) is 0. The summed E-state index contributed by atoms with van der Waals surface area (Å²) in [5.74, 6) is 1.69. The summed E-state index contributed by atoms with van der Waals surface area (Å²) in [6.45, 7) is 2.61. The molecule has 25 heavy (non-hydrogen) atoms. The third-order valence-corrected chi connectivity index (χ3v) is 4.65. The van der Waals surface area contributed by atoms with Crippen molar-refractivity contribution < 1.29 is 4.74 Å². The molecule has 0 unspecified atom stereocenters. The molecular weight excluding hydrogens is 312 g/mol. The number of aryl methyl sites for hydroxylation is 1. The van der Waals surface area contributed by atoms with Gasteiger partial charge in [-0.3, -0.25) is 9.36 Å². The number of benzene rings is 2. The predicted molar refractivity (Wildman–Crippen MR) is 97.7 cm³/mol. The van der Waals surface area contributed by atoms with Gasteiger partial charge in [-0.15, -0.1) is 0 Å². The van der Waals surface area contributed by atoms with E-state index >= 15 is 0 Å². The van der Waals surface area contributed by atoms with Crippen LogP contribution in [0, 0.1) is 0 Å². The van der Waals surface area contributed by atoms with Gasteiger partial charge in [-0.05, 0) is 43.2 Å². The fourth-order valence-electron chi connectivity index (χ4n) is 3.26. The summed E-state index contributed by atoms with van der Waals surface area (Å²) in [6.07, 6.45) is 1.85. The van der Waals surface area contributed by atoms with Crippen LogP contribution in [0.15, 0.2) is 65.5 Å². The van der Waals surface area contributed by atoms with Crippen LogP contribution in [0.3, 0.4) is 0 Å². The van der Waals surface area contributed by atoms with E-state index in [0.717, 1.165) is 41.2 Å². The fraction of sp³-hybridized carbons (Fsp3) is 0.238. The van der Waals surface area contributed by atoms with Crippen molar-refractivity contribution >= 4 is 0 Å². The van der Waals surface area contributed by atoms with Crippen molar-refractivity contribution in [2.45, 2.75) is 32.4 Å². The molecule has 0 radical (unpaired) electrons. The molecule has 3 aromatic rings. The van der Waals surface area contributed by atoms with Gasteiger partial charge in [0.25, 0.3) is 5.56 Å². The second kappa shape index (κ2) is 6.55. The SMILES string of the molecule is C[C@H]1CCc2nc(-c3ccc(OCc4ccccc4)cc3)cc(=O)n21. The third-order valence-electron chi connectivity index (χ3n) is 4.65. The van der Waals surface area contributed by atoms with Crippen molar-refractivity contribution in [3.63, 3.8) is 0 Å². The van der Waals surface area contributed by atoms with Crippen molar-refractivity contribution in [2.24, 2.45) is 0 Å². The Morgan fingerprint density at radius 2 is 1.88 bits per heavy atom. The predicted octanol–water partition coefficient (Wildman–Crippen LogP) is 4.00. The van der Waals surface area contributed by atoms with E-state index in [1.54, 1.807) is 10.6 Å². The minimum atomic E-state index is 0.0365. The van der Waals surface area contributed by atoms with Gasteiger partial charge in [0.1, 0.15) is 18.2 Å². The Bertz CT molecular complexity index is 930. The van der Waals surface area contributed by atoms with E-state index in [1.807, 2.05) is 54.6 Å². The molecule has 4 heteroatoms. The van der Waals surface area contributed by atoms with Gasteiger partial charge in [0.05, 0.1) is 5.69 Å². The Labute approximate surface area is 146 Å². The van der Waals surface area contributed by atoms with Gasteiger partial charge in [0, 0.05) is 24.1 Å². The molecule has 0 fully saturated rings. The number of ether oxygens (including phenoxy) is 1. The number of aromatic nitrogens is 2. The summed E-state index contributed by atoms with van der Waals surface area (Å²) in [7, 11) is 0. The lowest BCUT2D eigenvalue weighted by Crippen LogP contribution is -2.22. The fourth-order valence-corrected chi connectivity index (χ4v) is 3.26. The highest BCUT2D eigenvalue weighted by Gasteiger charge is 2.21. The Kier molecular flexibility index (Phi) is 4.10. The zero-order valence-corrected chi connectivity index (χ0v) is 14.2. The van der Waals surface area contributed by atoms with Gasteiger partial charge in [-0.25, -0.2) is 4.98 Å². The first-order valence-electron chi connectivity index (χ1n) is 8.60. The second-order valence-electron chi connectivity index (χ2n) is 6.45. The van der Waals surface area contributed by atoms with Crippen molar-refractivity contribution in [3.8, 4) is 17.0 Å². The smallest absolute Gasteiger partial charge is 0.254 e. The summed E-state index contributed by atoms with van der Waals surface area (Å²) in [6, 6.07) is 19.7. The van der Waals surface area contributed by atoms with E-state index in [4.69, 9.17) is 4.74 Å². The van der Waals surface area contributed by atoms with Crippen molar-refractivity contribution in [1.82, 2.24) is 9.55 Å². The van der Waals surface area contributed by atoms with E-state index in [1.165, 1.54) is 0 Å². The normalized spacial score (nSPS) is 15.8. The van der Waals surface area contributed by atoms with Crippen LogP contribution < -0.4 is 10.3 Å². The van der Waals surface area contributed by atoms with Crippen LogP contribution in [0.2, 0.25) is 0 Å². The molecule has 1 aliphatic heterocycles. The molecule has 0 spiro atoms. The summed E-state index contributed by atoms with van der Waals surface area (Å²) >= 11 is 0. The molecule has 0 amide bonds. The quantitative estimate of drug-likeness (QED) is 0.725. The number of nitrogens with zero attached hydrogens (tertiary/aromatic N) is 2. The average molecular weight is 332 g/mol. The van der Waals surface area contributed by atoms with Gasteiger partial charge >= 0.3 is 0 Å². The topological polar surface area (TPSA) is 44.1 Å². The highest BCUT2D eigenvalue weighted by Crippen LogP contribution is 2.25. The molecule has 2 aromatic carbocycles. The molecule has 1 aliphatic rings. The first kappa shape index (κ1) is 15.6. The van der Waals surface area contributed by atoms with Gasteiger partial charge in [0.15, 0.2) is 0 Å². The van der Waals surface area contributed by atoms with Crippen LogP contribution in [-0.4, -0.2) is 9.55 Å². The number of fused-ring (bicyclic) bond motifs is 1. The molecule has 0 aliphatic carbocycles. The minimum absolute atomic E-state index is 0.0365. The molecule has 2 heterocycles. The van der Waals surface area contributed by atoms with E-state index in [2.05, 4.69) is 11.9 Å². The average Bonchev–Trinajstić information content (AvgIpc) is 3.03. The van der Waals surface area contributed by atoms with Gasteiger partial charge in [0.2, 0.25) is 0 Å². The van der Waals surface area contributed by atoms with Gasteiger partial charge in [-0.2, -0.15) is 0 Å². The molecular formula is C21H20N2O2. The first-order chi connectivity index (χ1) is 12.2. The highest BCUT2D eigenvalue weighted by molar-refractivity contribution is 5.59. The molecule has 126 valence electrons. The van der Waals surface area contributed by atoms with E-state index in [9.17, 15) is 4.79 Å². The maximum atomic E-state index is 12.3. The van der Waals surface area contributed by atoms with Crippen LogP contribution >= 0.6 is 0 Å². The van der Waals surface area contributed by atoms with Crippen molar-refractivity contribution in [1.29, 1.82) is 0 Å². The van der Waals surface area contributed by atoms with E-state index in [0.29, 0.717) is 6.61 Å². The monoisotopic (exact) mass is 332 g/mol. The summed E-state index contributed by atoms with van der Waals surface area (Å²) in [5, 5.41) is 0. The van der Waals surface area contributed by atoms with Crippen LogP contribution in [-0.2, 0) is 13.0 Å². The molecule has 0 N–H and O–H groups in total. The molecule has 4 nitrogen and oxygen atoms in total. The molecule has 1 aromatic heterocycles. The largest absolute Gasteiger partial charge is 0.489 e. The molecule has 4 rings (SSSR count). The zero-order valence-electron chi connectivity index (χ0n) is 14.2. The Balaban J connectivity index is 1.53. The second-order valence-corrected chi connectivity index (χ2v) is 6.45. The summed E-state index contributed by atoms with van der Waals surface area (Å²) < 4.78 is 7.61. The molecule has 1 atom stereocenters. The third kappa shape index (κ3) is 3.20. The Morgan fingerprint density at radius 3 is 2.64 bits per heavy atom. The lowest BCUT2D eigenvalue weighted by Gasteiger charge is -2.10. The van der Waals surface area contributed by atoms with Gasteiger partial charge < -0.3 is 4.74 Å². The molecule has 0 bridgehead atoms. The van der Waals surface area contributed by atoms with E-state index in [-0.39, 0.29) is 11.6 Å². The number of rotatable bonds is 4. The minimum Gasteiger partial charge on any atom is -0.489 e. The highest BCUT2D eigenvalue weighted by atomic mass is 16.5. The Morgan fingerprint density at radius 1 is 1.12 bits per heavy atom. The maximum Gasteiger partial charge on any atom is 0.254 e. The summed E-state index contributed by atoms with van der Waals surface area (Å²) in [5.41, 5.74) is 2.84. The Hall–Kier alpha value is -2.88. The first-order valence-corrected chi connectivity index (χ1v) is 8.60. The summed E-state index contributed by atoms with van der Waals surface area (Å²) in [4.78, 5) is 17.0. The lowest BCUT2D eigenvalue weighted by atomic mass is 10.1. The maximum absolute atomic E-state index is 12.3. The standard InChI is InChI=1S/C21H20N2O2/c1-15-7-12-20-22-19(13-21(24)23(15)20)17-8-10-18(11-9-17)25-14-16-5-3-2-4-6-16/h2-6,8-11,13,15H,7,12,14H2,1H3/t15-/m0/s1. The van der Waals surface area contributed by atoms with Crippen LogP contribution in [0.4, 0.5) is 0 Å². The van der Waals surface area contributed by atoms with Crippen molar-refractivity contribution in [3.05, 3.63) is 82.4 Å². The van der Waals surface area contributed by atoms with Crippen LogP contribution in [0.5, 0.6) is 5.75 Å².